The van der Waals surface area contributed by atoms with Crippen molar-refractivity contribution < 1.29 is 0 Å². The van der Waals surface area contributed by atoms with Crippen molar-refractivity contribution >= 4 is 6.34 Å². The Morgan fingerprint density at radius 1 is 1.75 bits per heavy atom. The molecule has 1 aliphatic heterocycles. The molecule has 0 saturated heterocycles. The molecule has 0 spiro atoms. The van der Waals surface area contributed by atoms with E-state index in [0.29, 0.717) is 6.04 Å². The van der Waals surface area contributed by atoms with Crippen LogP contribution in [0, 0.1) is 17.4 Å². The maximum atomic E-state index is 8.21. The van der Waals surface area contributed by atoms with Crippen LogP contribution >= 0.6 is 0 Å². The van der Waals surface area contributed by atoms with Crippen molar-refractivity contribution in [3.05, 3.63) is 18.3 Å². The average Bonchev–Trinajstić information content (AvgIpc) is 1.90. The lowest BCUT2D eigenvalue weighted by atomic mass is 10.3. The summed E-state index contributed by atoms with van der Waals surface area (Å²) in [7, 11) is 0. The third kappa shape index (κ3) is 0.850. The quantitative estimate of drug-likeness (QED) is 0.479. The highest BCUT2D eigenvalue weighted by atomic mass is 15.0. The fourth-order valence-electron chi connectivity index (χ4n) is 0.386. The van der Waals surface area contributed by atoms with E-state index >= 15 is 0 Å². The van der Waals surface area contributed by atoms with Gasteiger partial charge in [-0.05, 0) is 6.08 Å². The number of nitrogens with zero attached hydrogens (tertiary/aromatic N) is 2. The topological polar surface area (TPSA) is 48.2 Å². The predicted octanol–water partition coefficient (Wildman–Crippen LogP) is 0.187. The summed E-state index contributed by atoms with van der Waals surface area (Å²) >= 11 is 0. The summed E-state index contributed by atoms with van der Waals surface area (Å²) in [5.41, 5.74) is 0. The van der Waals surface area contributed by atoms with Crippen molar-refractivity contribution in [2.45, 2.75) is 0 Å². The molecule has 0 fully saturated rings. The summed E-state index contributed by atoms with van der Waals surface area (Å²) in [4.78, 5) is 3.68. The number of hydrogen-bond donors (Lipinski definition) is 1. The number of hydrogen-bond acceptors (Lipinski definition) is 3. The van der Waals surface area contributed by atoms with Crippen molar-refractivity contribution in [1.82, 2.24) is 5.32 Å². The van der Waals surface area contributed by atoms with Gasteiger partial charge in [0.1, 0.15) is 6.07 Å². The lowest BCUT2D eigenvalue weighted by Crippen LogP contribution is -2.06. The van der Waals surface area contributed by atoms with Gasteiger partial charge >= 0.3 is 0 Å². The SMILES string of the molecule is N#C[C]1C=CNC=N1. The minimum absolute atomic E-state index is 0.434. The summed E-state index contributed by atoms with van der Waals surface area (Å²) in [6.45, 7) is 0. The Morgan fingerprint density at radius 3 is 3.00 bits per heavy atom. The molecule has 0 aromatic rings. The van der Waals surface area contributed by atoms with E-state index in [1.807, 2.05) is 6.07 Å². The van der Waals surface area contributed by atoms with Gasteiger partial charge in [-0.2, -0.15) is 5.26 Å². The van der Waals surface area contributed by atoms with Gasteiger partial charge in [-0.1, -0.05) is 0 Å². The number of nitriles is 1. The van der Waals surface area contributed by atoms with Gasteiger partial charge < -0.3 is 5.32 Å². The van der Waals surface area contributed by atoms with Crippen LogP contribution in [0.2, 0.25) is 0 Å². The first kappa shape index (κ1) is 4.85. The fraction of sp³-hybridized carbons (Fsp3) is 0. The van der Waals surface area contributed by atoms with E-state index in [4.69, 9.17) is 5.26 Å². The summed E-state index contributed by atoms with van der Waals surface area (Å²) in [5, 5.41) is 10.9. The Hall–Kier alpha value is -1.30. The van der Waals surface area contributed by atoms with Gasteiger partial charge in [-0.15, -0.1) is 0 Å². The first-order valence-electron chi connectivity index (χ1n) is 2.15. The Kier molecular flexibility index (Phi) is 1.29. The van der Waals surface area contributed by atoms with Crippen LogP contribution in [0.5, 0.6) is 0 Å². The summed E-state index contributed by atoms with van der Waals surface area (Å²) in [6.07, 6.45) is 4.74. The van der Waals surface area contributed by atoms with Crippen molar-refractivity contribution in [2.24, 2.45) is 4.99 Å². The number of aliphatic imine (C=N–C) groups is 1. The molecule has 1 rings (SSSR count). The van der Waals surface area contributed by atoms with Crippen molar-refractivity contribution in [2.75, 3.05) is 0 Å². The third-order valence-electron chi connectivity index (χ3n) is 0.730. The first-order chi connectivity index (χ1) is 3.93. The first-order valence-corrected chi connectivity index (χ1v) is 2.15. The molecule has 1 radical (unpaired) electrons. The molecular formula is C5H4N3. The molecule has 8 heavy (non-hydrogen) atoms. The minimum atomic E-state index is 0.434. The van der Waals surface area contributed by atoms with Crippen molar-refractivity contribution in [1.29, 1.82) is 5.26 Å². The van der Waals surface area contributed by atoms with Crippen LogP contribution in [0.15, 0.2) is 17.3 Å². The second-order valence-electron chi connectivity index (χ2n) is 1.26. The highest BCUT2D eigenvalue weighted by molar-refractivity contribution is 5.61. The number of nitrogens with one attached hydrogen (secondary N) is 1. The molecule has 39 valence electrons. The molecule has 0 aromatic carbocycles. The van der Waals surface area contributed by atoms with Crippen LogP contribution in [0.1, 0.15) is 0 Å². The second kappa shape index (κ2) is 2.12. The molecule has 3 nitrogen and oxygen atoms in total. The predicted molar refractivity (Wildman–Crippen MR) is 29.6 cm³/mol. The van der Waals surface area contributed by atoms with Crippen molar-refractivity contribution in [3.63, 3.8) is 0 Å². The zero-order chi connectivity index (χ0) is 5.82. The highest BCUT2D eigenvalue weighted by Crippen LogP contribution is 2.01. The largest absolute Gasteiger partial charge is 0.353 e. The normalized spacial score (nSPS) is 17.4. The second-order valence-corrected chi connectivity index (χ2v) is 1.26. The van der Waals surface area contributed by atoms with Crippen LogP contribution in [-0.2, 0) is 0 Å². The Balaban J connectivity index is 2.58. The molecule has 0 saturated carbocycles. The minimum Gasteiger partial charge on any atom is -0.353 e. The standard InChI is InChI=1S/C5H4N3/c6-3-5-1-2-7-4-8-5/h1-2,4H,(H,7,8). The van der Waals surface area contributed by atoms with Crippen LogP contribution < -0.4 is 5.32 Å². The van der Waals surface area contributed by atoms with E-state index in [0.717, 1.165) is 0 Å². The molecule has 1 N–H and O–H groups in total. The molecule has 0 aromatic heterocycles. The van der Waals surface area contributed by atoms with Crippen LogP contribution in [0.4, 0.5) is 0 Å². The monoisotopic (exact) mass is 106 g/mol. The third-order valence-corrected chi connectivity index (χ3v) is 0.730. The van der Waals surface area contributed by atoms with Gasteiger partial charge in [0.2, 0.25) is 6.04 Å². The lowest BCUT2D eigenvalue weighted by Gasteiger charge is -1.98. The van der Waals surface area contributed by atoms with Crippen LogP contribution in [0.3, 0.4) is 0 Å². The zero-order valence-corrected chi connectivity index (χ0v) is 4.13. The summed E-state index contributed by atoms with van der Waals surface area (Å²) < 4.78 is 0. The molecule has 3 heteroatoms. The molecule has 0 bridgehead atoms. The van der Waals surface area contributed by atoms with E-state index in [9.17, 15) is 0 Å². The molecule has 1 aliphatic rings. The molecule has 0 amide bonds. The van der Waals surface area contributed by atoms with E-state index in [1.54, 1.807) is 12.3 Å². The molecule has 0 aliphatic carbocycles. The van der Waals surface area contributed by atoms with Crippen LogP contribution in [0.25, 0.3) is 0 Å². The van der Waals surface area contributed by atoms with E-state index < -0.39 is 0 Å². The Bertz CT molecular complexity index is 151. The van der Waals surface area contributed by atoms with Crippen LogP contribution in [-0.4, -0.2) is 6.34 Å². The van der Waals surface area contributed by atoms with Gasteiger partial charge in [0.05, 0.1) is 6.34 Å². The lowest BCUT2D eigenvalue weighted by molar-refractivity contribution is 1.14. The smallest absolute Gasteiger partial charge is 0.210 e. The zero-order valence-electron chi connectivity index (χ0n) is 4.13. The van der Waals surface area contributed by atoms with Gasteiger partial charge in [-0.25, -0.2) is 4.99 Å². The maximum absolute atomic E-state index is 8.21. The Morgan fingerprint density at radius 2 is 2.62 bits per heavy atom. The van der Waals surface area contributed by atoms with Gasteiger partial charge in [0.25, 0.3) is 0 Å². The molecule has 0 atom stereocenters. The van der Waals surface area contributed by atoms with E-state index in [2.05, 4.69) is 10.3 Å². The molecular weight excluding hydrogens is 102 g/mol. The Labute approximate surface area is 47.3 Å². The van der Waals surface area contributed by atoms with E-state index in [-0.39, 0.29) is 0 Å². The van der Waals surface area contributed by atoms with E-state index in [1.165, 1.54) is 6.34 Å². The highest BCUT2D eigenvalue weighted by Gasteiger charge is 1.99. The number of rotatable bonds is 0. The fourth-order valence-corrected chi connectivity index (χ4v) is 0.386. The van der Waals surface area contributed by atoms with Crippen molar-refractivity contribution in [3.8, 4) is 6.07 Å². The molecule has 0 unspecified atom stereocenters. The van der Waals surface area contributed by atoms with Gasteiger partial charge in [0.15, 0.2) is 0 Å². The maximum Gasteiger partial charge on any atom is 0.210 e. The average molecular weight is 106 g/mol. The summed E-state index contributed by atoms with van der Waals surface area (Å²) in [6, 6.07) is 2.33. The molecule has 1 heterocycles. The van der Waals surface area contributed by atoms with Gasteiger partial charge in [-0.3, -0.25) is 0 Å². The van der Waals surface area contributed by atoms with Gasteiger partial charge in [0, 0.05) is 6.20 Å². The summed E-state index contributed by atoms with van der Waals surface area (Å²) in [5.74, 6) is 0.